The summed E-state index contributed by atoms with van der Waals surface area (Å²) in [5.74, 6) is -0.540. The van der Waals surface area contributed by atoms with Gasteiger partial charge in [0.1, 0.15) is 0 Å². The summed E-state index contributed by atoms with van der Waals surface area (Å²) < 4.78 is 38.5. The lowest BCUT2D eigenvalue weighted by molar-refractivity contribution is -0.385. The van der Waals surface area contributed by atoms with Crippen LogP contribution in [0.1, 0.15) is 25.7 Å². The van der Waals surface area contributed by atoms with Crippen molar-refractivity contribution in [2.24, 2.45) is 0 Å². The van der Waals surface area contributed by atoms with E-state index in [1.807, 2.05) is 0 Å². The van der Waals surface area contributed by atoms with Gasteiger partial charge in [0, 0.05) is 31.5 Å². The Balaban J connectivity index is 1.63. The van der Waals surface area contributed by atoms with Crippen LogP contribution >= 0.6 is 0 Å². The highest BCUT2D eigenvalue weighted by molar-refractivity contribution is 7.89. The third-order valence-electron chi connectivity index (χ3n) is 4.12. The van der Waals surface area contributed by atoms with E-state index in [0.29, 0.717) is 6.61 Å². The molecule has 0 amide bonds. The fourth-order valence-corrected chi connectivity index (χ4v) is 4.05. The molecule has 8 nitrogen and oxygen atoms in total. The summed E-state index contributed by atoms with van der Waals surface area (Å²) in [7, 11) is -3.83. The van der Waals surface area contributed by atoms with Crippen molar-refractivity contribution in [3.05, 3.63) is 34.4 Å². The zero-order chi connectivity index (χ0) is 16.5. The Hall–Kier alpha value is -1.55. The van der Waals surface area contributed by atoms with Gasteiger partial charge in [-0.1, -0.05) is 6.07 Å². The van der Waals surface area contributed by atoms with Gasteiger partial charge in [0.2, 0.25) is 10.0 Å². The van der Waals surface area contributed by atoms with Gasteiger partial charge in [-0.25, -0.2) is 13.1 Å². The van der Waals surface area contributed by atoms with Crippen LogP contribution in [0, 0.1) is 10.1 Å². The molecule has 1 aliphatic carbocycles. The van der Waals surface area contributed by atoms with Gasteiger partial charge in [-0.15, -0.1) is 0 Å². The van der Waals surface area contributed by atoms with Crippen LogP contribution in [0.2, 0.25) is 0 Å². The molecular weight excluding hydrogens is 324 g/mol. The highest BCUT2D eigenvalue weighted by Gasteiger charge is 2.43. The Bertz CT molecular complexity index is 699. The third-order valence-corrected chi connectivity index (χ3v) is 5.54. The van der Waals surface area contributed by atoms with Crippen molar-refractivity contribution in [1.82, 2.24) is 4.72 Å². The molecule has 1 saturated carbocycles. The van der Waals surface area contributed by atoms with Crippen molar-refractivity contribution >= 4 is 15.7 Å². The maximum absolute atomic E-state index is 12.2. The fourth-order valence-electron chi connectivity index (χ4n) is 2.94. The number of nitrogens with one attached hydrogen (secondary N) is 1. The molecule has 23 heavy (non-hydrogen) atoms. The molecule has 1 unspecified atom stereocenters. The van der Waals surface area contributed by atoms with Crippen molar-refractivity contribution in [3.63, 3.8) is 0 Å². The maximum atomic E-state index is 12.2. The minimum Gasteiger partial charge on any atom is -0.347 e. The second-order valence-electron chi connectivity index (χ2n) is 5.78. The van der Waals surface area contributed by atoms with Crippen molar-refractivity contribution in [3.8, 4) is 0 Å². The van der Waals surface area contributed by atoms with Crippen LogP contribution in [-0.4, -0.2) is 38.4 Å². The topological polar surface area (TPSA) is 108 Å². The molecule has 1 aliphatic heterocycles. The zero-order valence-electron chi connectivity index (χ0n) is 12.4. The van der Waals surface area contributed by atoms with E-state index >= 15 is 0 Å². The molecule has 0 radical (unpaired) electrons. The van der Waals surface area contributed by atoms with Crippen LogP contribution in [0.4, 0.5) is 5.69 Å². The third kappa shape index (κ3) is 3.52. The molecule has 1 saturated heterocycles. The SMILES string of the molecule is O=[N+]([O-])c1cccc(S(=O)(=O)NCC2COC3(CCCC3)O2)c1. The lowest BCUT2D eigenvalue weighted by Gasteiger charge is -2.21. The molecule has 9 heteroatoms. The predicted octanol–water partition coefficient (Wildman–Crippen LogP) is 1.56. The van der Waals surface area contributed by atoms with Crippen molar-refractivity contribution in [1.29, 1.82) is 0 Å². The van der Waals surface area contributed by atoms with Crippen molar-refractivity contribution < 1.29 is 22.8 Å². The van der Waals surface area contributed by atoms with Gasteiger partial charge in [0.25, 0.3) is 5.69 Å². The fraction of sp³-hybridized carbons (Fsp3) is 0.571. The molecular formula is C14H18N2O6S. The first-order chi connectivity index (χ1) is 10.9. The summed E-state index contributed by atoms with van der Waals surface area (Å²) in [5.41, 5.74) is -0.266. The summed E-state index contributed by atoms with van der Waals surface area (Å²) in [5, 5.41) is 10.7. The first-order valence-corrected chi connectivity index (χ1v) is 8.94. The molecule has 1 aromatic carbocycles. The quantitative estimate of drug-likeness (QED) is 0.642. The van der Waals surface area contributed by atoms with E-state index in [4.69, 9.17) is 9.47 Å². The van der Waals surface area contributed by atoms with E-state index in [0.717, 1.165) is 31.7 Å². The van der Waals surface area contributed by atoms with E-state index < -0.39 is 20.7 Å². The predicted molar refractivity (Wildman–Crippen MR) is 80.3 cm³/mol. The van der Waals surface area contributed by atoms with Crippen LogP contribution in [0.3, 0.4) is 0 Å². The number of nitro benzene ring substituents is 1. The molecule has 126 valence electrons. The van der Waals surface area contributed by atoms with E-state index in [-0.39, 0.29) is 23.2 Å². The second-order valence-corrected chi connectivity index (χ2v) is 7.54. The van der Waals surface area contributed by atoms with Gasteiger partial charge >= 0.3 is 0 Å². The Morgan fingerprint density at radius 2 is 2.09 bits per heavy atom. The summed E-state index contributed by atoms with van der Waals surface area (Å²) in [6.45, 7) is 0.421. The highest BCUT2D eigenvalue weighted by atomic mass is 32.2. The molecule has 0 aromatic heterocycles. The average molecular weight is 342 g/mol. The summed E-state index contributed by atoms with van der Waals surface area (Å²) in [6.07, 6.45) is 3.42. The van der Waals surface area contributed by atoms with Gasteiger partial charge in [-0.2, -0.15) is 0 Å². The normalized spacial score (nSPS) is 23.4. The minimum absolute atomic E-state index is 0.0762. The molecule has 3 rings (SSSR count). The van der Waals surface area contributed by atoms with E-state index in [9.17, 15) is 18.5 Å². The number of nitro groups is 1. The first-order valence-electron chi connectivity index (χ1n) is 7.46. The second kappa shape index (κ2) is 6.16. The van der Waals surface area contributed by atoms with Crippen molar-refractivity contribution in [2.45, 2.75) is 42.5 Å². The molecule has 1 atom stereocenters. The van der Waals surface area contributed by atoms with Crippen LogP contribution in [0.25, 0.3) is 0 Å². The van der Waals surface area contributed by atoms with Gasteiger partial charge in [-0.3, -0.25) is 10.1 Å². The zero-order valence-corrected chi connectivity index (χ0v) is 13.3. The number of hydrogen-bond acceptors (Lipinski definition) is 6. The summed E-state index contributed by atoms with van der Waals surface area (Å²) in [6, 6.07) is 4.94. The number of benzene rings is 1. The highest BCUT2D eigenvalue weighted by Crippen LogP contribution is 2.39. The van der Waals surface area contributed by atoms with Crippen LogP contribution in [0.5, 0.6) is 0 Å². The van der Waals surface area contributed by atoms with E-state index in [2.05, 4.69) is 4.72 Å². The van der Waals surface area contributed by atoms with Crippen molar-refractivity contribution in [2.75, 3.05) is 13.2 Å². The lowest BCUT2D eigenvalue weighted by atomic mass is 10.2. The van der Waals surface area contributed by atoms with E-state index in [1.54, 1.807) is 0 Å². The standard InChI is InChI=1S/C14H18N2O6S/c17-16(18)11-4-3-5-13(8-11)23(19,20)15-9-12-10-21-14(22-12)6-1-2-7-14/h3-5,8,12,15H,1-2,6-7,9-10H2. The number of nitrogens with zero attached hydrogens (tertiary/aromatic N) is 1. The molecule has 1 N–H and O–H groups in total. The van der Waals surface area contributed by atoms with Crippen LogP contribution < -0.4 is 4.72 Å². The molecule has 1 heterocycles. The molecule has 1 aromatic rings. The first kappa shape index (κ1) is 16.3. The Labute approximate surface area is 134 Å². The van der Waals surface area contributed by atoms with Gasteiger partial charge in [-0.05, 0) is 18.9 Å². The Morgan fingerprint density at radius 1 is 1.35 bits per heavy atom. The summed E-state index contributed by atoms with van der Waals surface area (Å²) in [4.78, 5) is 9.98. The smallest absolute Gasteiger partial charge is 0.270 e. The van der Waals surface area contributed by atoms with Crippen LogP contribution in [-0.2, 0) is 19.5 Å². The monoisotopic (exact) mass is 342 g/mol. The Morgan fingerprint density at radius 3 is 2.78 bits per heavy atom. The van der Waals surface area contributed by atoms with Gasteiger partial charge < -0.3 is 9.47 Å². The number of hydrogen-bond donors (Lipinski definition) is 1. The molecule has 2 fully saturated rings. The molecule has 2 aliphatic rings. The van der Waals surface area contributed by atoms with E-state index in [1.165, 1.54) is 18.2 Å². The lowest BCUT2D eigenvalue weighted by Crippen LogP contribution is -2.35. The Kier molecular flexibility index (Phi) is 4.37. The average Bonchev–Trinajstić information content (AvgIpc) is 3.16. The number of non-ortho nitro benzene ring substituents is 1. The number of sulfonamides is 1. The molecule has 1 spiro atoms. The molecule has 0 bridgehead atoms. The largest absolute Gasteiger partial charge is 0.347 e. The minimum atomic E-state index is -3.83. The van der Waals surface area contributed by atoms with Gasteiger partial charge in [0.05, 0.1) is 22.5 Å². The number of rotatable bonds is 5. The number of ether oxygens (including phenoxy) is 2. The summed E-state index contributed by atoms with van der Waals surface area (Å²) >= 11 is 0. The maximum Gasteiger partial charge on any atom is 0.270 e. The van der Waals surface area contributed by atoms with Gasteiger partial charge in [0.15, 0.2) is 5.79 Å². The van der Waals surface area contributed by atoms with Crippen LogP contribution in [0.15, 0.2) is 29.2 Å².